The molecule has 1 aliphatic carbocycles. The molecule has 1 heterocycles. The molecule has 0 spiro atoms. The number of hydrogen-bond acceptors (Lipinski definition) is 3. The summed E-state index contributed by atoms with van der Waals surface area (Å²) in [5.74, 6) is 0.974. The largest absolute Gasteiger partial charge is 0.355 e. The van der Waals surface area contributed by atoms with Crippen LogP contribution >= 0.6 is 0 Å². The molecule has 0 radical (unpaired) electrons. The van der Waals surface area contributed by atoms with Gasteiger partial charge in [-0.3, -0.25) is 4.99 Å². The Morgan fingerprint density at radius 3 is 3.12 bits per heavy atom. The van der Waals surface area contributed by atoms with Gasteiger partial charge in [0, 0.05) is 6.54 Å². The molecule has 3 heteroatoms. The number of nitrogens with one attached hydrogen (secondary N) is 2. The fourth-order valence-corrected chi connectivity index (χ4v) is 2.56. The van der Waals surface area contributed by atoms with E-state index in [2.05, 4.69) is 39.9 Å². The van der Waals surface area contributed by atoms with E-state index in [4.69, 9.17) is 0 Å². The Balaban J connectivity index is 1.81. The Morgan fingerprint density at radius 1 is 1.31 bits per heavy atom. The number of hydrogen-bond donors (Lipinski definition) is 2. The Labute approximate surface area is 96.0 Å². The number of rotatable bonds is 1. The Hall–Kier alpha value is -1.51. The van der Waals surface area contributed by atoms with Gasteiger partial charge in [0.15, 0.2) is 5.96 Å². The number of fused-ring (bicyclic) bond motifs is 1. The van der Waals surface area contributed by atoms with Crippen LogP contribution in [0, 0.1) is 0 Å². The fourth-order valence-electron chi connectivity index (χ4n) is 2.56. The molecule has 0 amide bonds. The van der Waals surface area contributed by atoms with Crippen LogP contribution in [0.15, 0.2) is 29.3 Å². The molecule has 0 saturated carbocycles. The van der Waals surface area contributed by atoms with Crippen molar-refractivity contribution in [1.29, 1.82) is 0 Å². The number of nitrogens with zero attached hydrogens (tertiary/aromatic N) is 1. The van der Waals surface area contributed by atoms with Crippen molar-refractivity contribution in [1.82, 2.24) is 10.6 Å². The number of guanidine groups is 1. The molecule has 0 fully saturated rings. The summed E-state index contributed by atoms with van der Waals surface area (Å²) in [5.41, 5.74) is 2.94. The minimum atomic E-state index is 0.439. The van der Waals surface area contributed by atoms with Crippen LogP contribution in [0.5, 0.6) is 0 Å². The second-order valence-corrected chi connectivity index (χ2v) is 4.45. The molecular weight excluding hydrogens is 198 g/mol. The average molecular weight is 215 g/mol. The first-order chi connectivity index (χ1) is 7.93. The zero-order valence-electron chi connectivity index (χ0n) is 9.37. The highest BCUT2D eigenvalue weighted by Crippen LogP contribution is 2.29. The van der Waals surface area contributed by atoms with Gasteiger partial charge >= 0.3 is 0 Å². The van der Waals surface area contributed by atoms with E-state index in [-0.39, 0.29) is 0 Å². The zero-order chi connectivity index (χ0) is 10.8. The lowest BCUT2D eigenvalue weighted by Crippen LogP contribution is -2.37. The van der Waals surface area contributed by atoms with Crippen molar-refractivity contribution < 1.29 is 0 Å². The summed E-state index contributed by atoms with van der Waals surface area (Å²) in [7, 11) is 0. The molecule has 0 aromatic heterocycles. The van der Waals surface area contributed by atoms with Crippen LogP contribution in [0.2, 0.25) is 0 Å². The Kier molecular flexibility index (Phi) is 2.52. The van der Waals surface area contributed by atoms with Crippen LogP contribution in [0.25, 0.3) is 0 Å². The normalized spacial score (nSPS) is 23.2. The second kappa shape index (κ2) is 4.16. The highest BCUT2D eigenvalue weighted by molar-refractivity contribution is 5.81. The zero-order valence-corrected chi connectivity index (χ0v) is 9.37. The smallest absolute Gasteiger partial charge is 0.191 e. The van der Waals surface area contributed by atoms with Gasteiger partial charge < -0.3 is 10.6 Å². The van der Waals surface area contributed by atoms with Crippen molar-refractivity contribution in [3.05, 3.63) is 35.4 Å². The van der Waals surface area contributed by atoms with Gasteiger partial charge in [0.2, 0.25) is 0 Å². The molecule has 16 heavy (non-hydrogen) atoms. The van der Waals surface area contributed by atoms with Gasteiger partial charge in [-0.2, -0.15) is 0 Å². The SMILES string of the molecule is c1ccc2c(c1)CCCC2NC1=NCCN1. The van der Waals surface area contributed by atoms with Crippen LogP contribution in [0.4, 0.5) is 0 Å². The molecule has 3 nitrogen and oxygen atoms in total. The topological polar surface area (TPSA) is 36.4 Å². The van der Waals surface area contributed by atoms with Gasteiger partial charge in [0.1, 0.15) is 0 Å². The van der Waals surface area contributed by atoms with Gasteiger partial charge in [-0.25, -0.2) is 0 Å². The minimum Gasteiger partial charge on any atom is -0.355 e. The third-order valence-electron chi connectivity index (χ3n) is 3.35. The van der Waals surface area contributed by atoms with Crippen molar-refractivity contribution in [2.24, 2.45) is 4.99 Å². The fraction of sp³-hybridized carbons (Fsp3) is 0.462. The quantitative estimate of drug-likeness (QED) is 0.746. The minimum absolute atomic E-state index is 0.439. The highest BCUT2D eigenvalue weighted by atomic mass is 15.2. The summed E-state index contributed by atoms with van der Waals surface area (Å²) in [6.07, 6.45) is 3.69. The van der Waals surface area contributed by atoms with E-state index in [0.717, 1.165) is 19.0 Å². The maximum Gasteiger partial charge on any atom is 0.191 e. The predicted octanol–water partition coefficient (Wildman–Crippen LogP) is 1.61. The molecule has 1 atom stereocenters. The summed E-state index contributed by atoms with van der Waals surface area (Å²) in [5, 5.41) is 6.79. The van der Waals surface area contributed by atoms with Crippen molar-refractivity contribution in [2.45, 2.75) is 25.3 Å². The Morgan fingerprint density at radius 2 is 2.25 bits per heavy atom. The lowest BCUT2D eigenvalue weighted by atomic mass is 9.88. The molecule has 0 saturated heterocycles. The molecule has 2 N–H and O–H groups in total. The Bertz CT molecular complexity index is 411. The molecule has 84 valence electrons. The molecule has 1 unspecified atom stereocenters. The van der Waals surface area contributed by atoms with Gasteiger partial charge in [-0.05, 0) is 30.4 Å². The summed E-state index contributed by atoms with van der Waals surface area (Å²) < 4.78 is 0. The number of benzene rings is 1. The first-order valence-electron chi connectivity index (χ1n) is 6.06. The first-order valence-corrected chi connectivity index (χ1v) is 6.06. The predicted molar refractivity (Wildman–Crippen MR) is 65.6 cm³/mol. The summed E-state index contributed by atoms with van der Waals surface area (Å²) in [6, 6.07) is 9.18. The van der Waals surface area contributed by atoms with E-state index in [1.165, 1.54) is 30.4 Å². The van der Waals surface area contributed by atoms with E-state index in [1.54, 1.807) is 0 Å². The lowest BCUT2D eigenvalue weighted by molar-refractivity contribution is 0.523. The maximum atomic E-state index is 4.40. The molecular formula is C13H17N3. The van der Waals surface area contributed by atoms with Crippen LogP contribution in [0.3, 0.4) is 0 Å². The van der Waals surface area contributed by atoms with Crippen LogP contribution in [0.1, 0.15) is 30.0 Å². The summed E-state index contributed by atoms with van der Waals surface area (Å²) >= 11 is 0. The summed E-state index contributed by atoms with van der Waals surface area (Å²) in [6.45, 7) is 1.87. The van der Waals surface area contributed by atoms with Gasteiger partial charge in [-0.15, -0.1) is 0 Å². The van der Waals surface area contributed by atoms with Crippen LogP contribution < -0.4 is 10.6 Å². The second-order valence-electron chi connectivity index (χ2n) is 4.45. The third kappa shape index (κ3) is 1.77. The molecule has 2 aliphatic rings. The number of aliphatic imine (C=N–C) groups is 1. The van der Waals surface area contributed by atoms with E-state index in [9.17, 15) is 0 Å². The van der Waals surface area contributed by atoms with E-state index >= 15 is 0 Å². The highest BCUT2D eigenvalue weighted by Gasteiger charge is 2.21. The van der Waals surface area contributed by atoms with Crippen LogP contribution in [-0.4, -0.2) is 19.0 Å². The van der Waals surface area contributed by atoms with Gasteiger partial charge in [-0.1, -0.05) is 24.3 Å². The monoisotopic (exact) mass is 215 g/mol. The maximum absolute atomic E-state index is 4.40. The average Bonchev–Trinajstić information content (AvgIpc) is 2.82. The van der Waals surface area contributed by atoms with Crippen molar-refractivity contribution in [2.75, 3.05) is 13.1 Å². The van der Waals surface area contributed by atoms with E-state index in [0.29, 0.717) is 6.04 Å². The summed E-state index contributed by atoms with van der Waals surface area (Å²) in [4.78, 5) is 4.40. The number of aryl methyl sites for hydroxylation is 1. The molecule has 1 aliphatic heterocycles. The van der Waals surface area contributed by atoms with Gasteiger partial charge in [0.05, 0.1) is 12.6 Å². The van der Waals surface area contributed by atoms with E-state index in [1.807, 2.05) is 0 Å². The molecule has 3 rings (SSSR count). The molecule has 0 bridgehead atoms. The van der Waals surface area contributed by atoms with Crippen molar-refractivity contribution in [3.63, 3.8) is 0 Å². The van der Waals surface area contributed by atoms with Crippen molar-refractivity contribution in [3.8, 4) is 0 Å². The molecule has 1 aromatic rings. The first kappa shape index (κ1) is 9.70. The molecule has 1 aromatic carbocycles. The van der Waals surface area contributed by atoms with Crippen LogP contribution in [-0.2, 0) is 6.42 Å². The standard InChI is InChI=1S/C13H17N3/c1-2-6-11-10(4-1)5-3-7-12(11)16-13-14-8-9-15-13/h1-2,4,6,12H,3,5,7-9H2,(H2,14,15,16). The lowest BCUT2D eigenvalue weighted by Gasteiger charge is -2.27. The third-order valence-corrected chi connectivity index (χ3v) is 3.35. The van der Waals surface area contributed by atoms with Crippen molar-refractivity contribution >= 4 is 5.96 Å². The van der Waals surface area contributed by atoms with Gasteiger partial charge in [0.25, 0.3) is 0 Å². The van der Waals surface area contributed by atoms with E-state index < -0.39 is 0 Å².